The smallest absolute Gasteiger partial charge is 0.248 e. The molecular weight excluding hydrogens is 238 g/mol. The number of benzene rings is 1. The van der Waals surface area contributed by atoms with E-state index in [1.54, 1.807) is 6.07 Å². The first-order valence-corrected chi connectivity index (χ1v) is 6.95. The topological polar surface area (TPSA) is 63.3 Å². The van der Waals surface area contributed by atoms with Crippen molar-refractivity contribution < 1.29 is 9.90 Å². The molecule has 1 aromatic rings. The fourth-order valence-corrected chi connectivity index (χ4v) is 2.73. The van der Waals surface area contributed by atoms with Crippen LogP contribution in [0.3, 0.4) is 0 Å². The Hall–Kier alpha value is -1.35. The van der Waals surface area contributed by atoms with Crippen LogP contribution in [0.5, 0.6) is 0 Å². The molecule has 1 aliphatic rings. The van der Waals surface area contributed by atoms with Gasteiger partial charge >= 0.3 is 0 Å². The van der Waals surface area contributed by atoms with Gasteiger partial charge in [0.1, 0.15) is 0 Å². The number of rotatable bonds is 1. The summed E-state index contributed by atoms with van der Waals surface area (Å²) in [4.78, 5) is 11.2. The first kappa shape index (κ1) is 15.7. The molecule has 2 atom stereocenters. The number of carbonyl (C=O) groups is 1. The van der Waals surface area contributed by atoms with Crippen LogP contribution in [-0.2, 0) is 5.41 Å². The van der Waals surface area contributed by atoms with Crippen molar-refractivity contribution in [3.8, 4) is 0 Å². The van der Waals surface area contributed by atoms with Crippen molar-refractivity contribution in [1.29, 1.82) is 0 Å². The van der Waals surface area contributed by atoms with Crippen LogP contribution in [0.1, 0.15) is 68.4 Å². The Morgan fingerprint density at radius 2 is 1.95 bits per heavy atom. The number of aliphatic hydroxyl groups excluding tert-OH is 1. The summed E-state index contributed by atoms with van der Waals surface area (Å²) in [6.45, 7) is 10.2. The molecule has 0 fully saturated rings. The molecule has 2 rings (SSSR count). The van der Waals surface area contributed by atoms with Gasteiger partial charge in [0.05, 0.1) is 6.10 Å². The Balaban J connectivity index is 0.000000861. The van der Waals surface area contributed by atoms with Crippen molar-refractivity contribution in [2.75, 3.05) is 0 Å². The maximum Gasteiger partial charge on any atom is 0.248 e. The predicted molar refractivity (Wildman–Crippen MR) is 78.4 cm³/mol. The van der Waals surface area contributed by atoms with Gasteiger partial charge in [-0.1, -0.05) is 40.7 Å². The third-order valence-corrected chi connectivity index (χ3v) is 3.85. The van der Waals surface area contributed by atoms with Crippen molar-refractivity contribution in [2.45, 2.75) is 58.5 Å². The molecule has 0 radical (unpaired) electrons. The highest BCUT2D eigenvalue weighted by Gasteiger charge is 2.36. The molecule has 0 bridgehead atoms. The number of hydrogen-bond donors (Lipinski definition) is 2. The minimum atomic E-state index is -0.419. The van der Waals surface area contributed by atoms with Crippen LogP contribution in [0.15, 0.2) is 18.2 Å². The maximum absolute atomic E-state index is 11.2. The number of carbonyl (C=O) groups excluding carboxylic acids is 1. The molecule has 3 heteroatoms. The van der Waals surface area contributed by atoms with E-state index in [0.717, 1.165) is 12.0 Å². The number of hydrogen-bond acceptors (Lipinski definition) is 2. The molecule has 19 heavy (non-hydrogen) atoms. The van der Waals surface area contributed by atoms with E-state index in [1.807, 2.05) is 32.9 Å². The molecule has 1 aliphatic carbocycles. The zero-order valence-electron chi connectivity index (χ0n) is 12.5. The fourth-order valence-electron chi connectivity index (χ4n) is 2.73. The second kappa shape index (κ2) is 5.74. The summed E-state index contributed by atoms with van der Waals surface area (Å²) in [5.74, 6) is -0.366. The maximum atomic E-state index is 11.2. The van der Waals surface area contributed by atoms with Crippen molar-refractivity contribution in [3.63, 3.8) is 0 Å². The van der Waals surface area contributed by atoms with Gasteiger partial charge < -0.3 is 10.8 Å². The molecule has 106 valence electrons. The second-order valence-electron chi connectivity index (χ2n) is 5.61. The van der Waals surface area contributed by atoms with Gasteiger partial charge in [0.2, 0.25) is 5.91 Å². The van der Waals surface area contributed by atoms with Crippen LogP contribution in [0.4, 0.5) is 0 Å². The van der Waals surface area contributed by atoms with Gasteiger partial charge in [-0.25, -0.2) is 0 Å². The summed E-state index contributed by atoms with van der Waals surface area (Å²) in [6.07, 6.45) is 0.387. The summed E-state index contributed by atoms with van der Waals surface area (Å²) in [5, 5.41) is 10.1. The van der Waals surface area contributed by atoms with Gasteiger partial charge in [0.25, 0.3) is 0 Å². The van der Waals surface area contributed by atoms with Crippen molar-refractivity contribution >= 4 is 5.91 Å². The minimum absolute atomic E-state index is 0.0531. The minimum Gasteiger partial charge on any atom is -0.392 e. The van der Waals surface area contributed by atoms with E-state index in [0.29, 0.717) is 5.56 Å². The lowest BCUT2D eigenvalue weighted by atomic mass is 9.67. The molecule has 0 saturated carbocycles. The lowest BCUT2D eigenvalue weighted by Gasteiger charge is -2.39. The first-order chi connectivity index (χ1) is 8.83. The van der Waals surface area contributed by atoms with E-state index >= 15 is 0 Å². The first-order valence-electron chi connectivity index (χ1n) is 6.95. The van der Waals surface area contributed by atoms with Crippen LogP contribution >= 0.6 is 0 Å². The molecule has 0 aliphatic heterocycles. The molecular formula is C16H25NO2. The van der Waals surface area contributed by atoms with E-state index in [2.05, 4.69) is 13.8 Å². The third-order valence-electron chi connectivity index (χ3n) is 3.85. The second-order valence-corrected chi connectivity index (χ2v) is 5.61. The number of primary amides is 1. The largest absolute Gasteiger partial charge is 0.392 e. The van der Waals surface area contributed by atoms with E-state index in [4.69, 9.17) is 5.73 Å². The summed E-state index contributed by atoms with van der Waals surface area (Å²) in [5.41, 5.74) is 8.00. The normalized spacial score (nSPS) is 23.9. The van der Waals surface area contributed by atoms with Gasteiger partial charge in [-0.05, 0) is 35.1 Å². The predicted octanol–water partition coefficient (Wildman–Crippen LogP) is 2.96. The molecule has 0 aromatic heterocycles. The Kier molecular flexibility index (Phi) is 4.75. The Morgan fingerprint density at radius 3 is 2.47 bits per heavy atom. The third kappa shape index (κ3) is 2.98. The van der Waals surface area contributed by atoms with Crippen LogP contribution in [0.25, 0.3) is 0 Å². The van der Waals surface area contributed by atoms with Crippen molar-refractivity contribution in [3.05, 3.63) is 34.9 Å². The van der Waals surface area contributed by atoms with E-state index < -0.39 is 5.91 Å². The fraction of sp³-hybridized carbons (Fsp3) is 0.562. The van der Waals surface area contributed by atoms with Gasteiger partial charge in [-0.3, -0.25) is 4.79 Å². The van der Waals surface area contributed by atoms with Crippen LogP contribution < -0.4 is 5.73 Å². The summed E-state index contributed by atoms with van der Waals surface area (Å²) < 4.78 is 0. The van der Waals surface area contributed by atoms with E-state index in [9.17, 15) is 9.90 Å². The number of fused-ring (bicyclic) bond motifs is 1. The summed E-state index contributed by atoms with van der Waals surface area (Å²) >= 11 is 0. The highest BCUT2D eigenvalue weighted by Crippen LogP contribution is 2.42. The lowest BCUT2D eigenvalue weighted by molar-refractivity contribution is 0.0989. The summed E-state index contributed by atoms with van der Waals surface area (Å²) in [6, 6.07) is 5.57. The van der Waals surface area contributed by atoms with Gasteiger partial charge in [-0.15, -0.1) is 0 Å². The highest BCUT2D eigenvalue weighted by molar-refractivity contribution is 5.93. The molecule has 1 amide bonds. The average molecular weight is 263 g/mol. The quantitative estimate of drug-likeness (QED) is 0.818. The molecule has 1 aromatic carbocycles. The average Bonchev–Trinajstić information content (AvgIpc) is 2.37. The molecule has 0 spiro atoms. The molecule has 0 heterocycles. The standard InChI is InChI=1S/C14H19NO2.C2H6/c1-8-10-6-9(13(15)17)4-5-11(10)14(2,3)7-12(8)16;1-2/h4-6,8,12,16H,7H2,1-3H3,(H2,15,17);1-2H3. The monoisotopic (exact) mass is 263 g/mol. The zero-order valence-corrected chi connectivity index (χ0v) is 12.5. The highest BCUT2D eigenvalue weighted by atomic mass is 16.3. The number of amides is 1. The SMILES string of the molecule is CC.CC1c2cc(C(N)=O)ccc2C(C)(C)CC1O. The zero-order chi connectivity index (χ0) is 14.8. The van der Waals surface area contributed by atoms with Crippen LogP contribution in [0, 0.1) is 0 Å². The summed E-state index contributed by atoms with van der Waals surface area (Å²) in [7, 11) is 0. The lowest BCUT2D eigenvalue weighted by Crippen LogP contribution is -2.35. The molecule has 2 unspecified atom stereocenters. The van der Waals surface area contributed by atoms with E-state index in [1.165, 1.54) is 5.56 Å². The van der Waals surface area contributed by atoms with E-state index in [-0.39, 0.29) is 17.4 Å². The van der Waals surface area contributed by atoms with Crippen molar-refractivity contribution in [2.24, 2.45) is 5.73 Å². The van der Waals surface area contributed by atoms with Crippen LogP contribution in [-0.4, -0.2) is 17.1 Å². The van der Waals surface area contributed by atoms with Gasteiger partial charge in [0.15, 0.2) is 0 Å². The Morgan fingerprint density at radius 1 is 1.37 bits per heavy atom. The molecule has 0 saturated heterocycles. The van der Waals surface area contributed by atoms with Gasteiger partial charge in [-0.2, -0.15) is 0 Å². The van der Waals surface area contributed by atoms with Crippen LogP contribution in [0.2, 0.25) is 0 Å². The van der Waals surface area contributed by atoms with Crippen molar-refractivity contribution in [1.82, 2.24) is 0 Å². The molecule has 3 nitrogen and oxygen atoms in total. The molecule has 3 N–H and O–H groups in total. The van der Waals surface area contributed by atoms with Gasteiger partial charge in [0, 0.05) is 11.5 Å². The number of aliphatic hydroxyl groups is 1. The number of nitrogens with two attached hydrogens (primary N) is 1. The Bertz CT molecular complexity index is 466. The Labute approximate surface area is 115 Å².